The van der Waals surface area contributed by atoms with Crippen molar-refractivity contribution in [1.82, 2.24) is 10.1 Å². The van der Waals surface area contributed by atoms with Crippen molar-refractivity contribution in [1.29, 1.82) is 0 Å². The van der Waals surface area contributed by atoms with E-state index in [1.54, 1.807) is 0 Å². The van der Waals surface area contributed by atoms with Crippen molar-refractivity contribution in [3.8, 4) is 0 Å². The second-order valence-corrected chi connectivity index (χ2v) is 6.00. The number of nitrogens with zero attached hydrogens (tertiary/aromatic N) is 2. The Balaban J connectivity index is 2.18. The summed E-state index contributed by atoms with van der Waals surface area (Å²) in [5.74, 6) is 1.13. The molecule has 1 fully saturated rings. The minimum Gasteiger partial charge on any atom is -0.379 e. The molecule has 1 aromatic heterocycles. The first-order valence-electron chi connectivity index (χ1n) is 6.72. The molecule has 19 heavy (non-hydrogen) atoms. The van der Waals surface area contributed by atoms with Crippen molar-refractivity contribution in [3.63, 3.8) is 0 Å². The van der Waals surface area contributed by atoms with E-state index in [1.807, 2.05) is 6.92 Å². The molecule has 6 nitrogen and oxygen atoms in total. The third-order valence-electron chi connectivity index (χ3n) is 3.25. The summed E-state index contributed by atoms with van der Waals surface area (Å²) in [5, 5.41) is 4.06. The monoisotopic (exact) mass is 269 g/mol. The normalized spacial score (nSPS) is 25.7. The summed E-state index contributed by atoms with van der Waals surface area (Å²) in [6.07, 6.45) is -0.187. The highest BCUT2D eigenvalue weighted by Crippen LogP contribution is 2.35. The van der Waals surface area contributed by atoms with Gasteiger partial charge in [0.1, 0.15) is 6.10 Å². The highest BCUT2D eigenvalue weighted by molar-refractivity contribution is 5.04. The SMILES string of the molecule is CCOC(c1noc(C2COCC2N)n1)C(C)(C)C. The van der Waals surface area contributed by atoms with Gasteiger partial charge in [-0.3, -0.25) is 0 Å². The van der Waals surface area contributed by atoms with Gasteiger partial charge in [0.25, 0.3) is 0 Å². The highest BCUT2D eigenvalue weighted by Gasteiger charge is 2.35. The van der Waals surface area contributed by atoms with Crippen molar-refractivity contribution < 1.29 is 14.0 Å². The van der Waals surface area contributed by atoms with Gasteiger partial charge in [-0.1, -0.05) is 25.9 Å². The Hall–Kier alpha value is -0.980. The Morgan fingerprint density at radius 1 is 1.42 bits per heavy atom. The lowest BCUT2D eigenvalue weighted by molar-refractivity contribution is -0.0203. The fourth-order valence-corrected chi connectivity index (χ4v) is 2.21. The molecule has 0 aromatic carbocycles. The number of ether oxygens (including phenoxy) is 2. The van der Waals surface area contributed by atoms with Crippen LogP contribution in [-0.2, 0) is 9.47 Å². The van der Waals surface area contributed by atoms with Crippen LogP contribution in [0.15, 0.2) is 4.52 Å². The Bertz CT molecular complexity index is 414. The minimum atomic E-state index is -0.187. The summed E-state index contributed by atoms with van der Waals surface area (Å²) >= 11 is 0. The van der Waals surface area contributed by atoms with E-state index in [4.69, 9.17) is 19.7 Å². The third kappa shape index (κ3) is 3.13. The summed E-state index contributed by atoms with van der Waals surface area (Å²) in [6, 6.07) is -0.0755. The molecule has 0 aliphatic carbocycles. The Morgan fingerprint density at radius 3 is 2.68 bits per heavy atom. The minimum absolute atomic E-state index is 0.0107. The zero-order chi connectivity index (χ0) is 14.0. The maximum absolute atomic E-state index is 5.96. The van der Waals surface area contributed by atoms with E-state index in [0.717, 1.165) is 0 Å². The first-order valence-corrected chi connectivity index (χ1v) is 6.72. The molecular weight excluding hydrogens is 246 g/mol. The van der Waals surface area contributed by atoms with Gasteiger partial charge < -0.3 is 19.7 Å². The molecule has 2 rings (SSSR count). The average molecular weight is 269 g/mol. The zero-order valence-corrected chi connectivity index (χ0v) is 12.0. The standard InChI is InChI=1S/C13H23N3O3/c1-5-18-10(13(2,3)4)11-15-12(19-16-11)8-6-17-7-9(8)14/h8-10H,5-7,14H2,1-4H3. The van der Waals surface area contributed by atoms with Crippen molar-refractivity contribution >= 4 is 0 Å². The van der Waals surface area contributed by atoms with Crippen LogP contribution in [0.2, 0.25) is 0 Å². The highest BCUT2D eigenvalue weighted by atomic mass is 16.5. The van der Waals surface area contributed by atoms with Gasteiger partial charge in [0.15, 0.2) is 0 Å². The van der Waals surface area contributed by atoms with Crippen LogP contribution in [0.5, 0.6) is 0 Å². The number of hydrogen-bond acceptors (Lipinski definition) is 6. The number of aromatic nitrogens is 2. The fraction of sp³-hybridized carbons (Fsp3) is 0.846. The average Bonchev–Trinajstić information content (AvgIpc) is 2.92. The fourth-order valence-electron chi connectivity index (χ4n) is 2.21. The van der Waals surface area contributed by atoms with Crippen LogP contribution in [-0.4, -0.2) is 36.0 Å². The van der Waals surface area contributed by atoms with Gasteiger partial charge >= 0.3 is 0 Å². The van der Waals surface area contributed by atoms with Crippen LogP contribution in [0, 0.1) is 5.41 Å². The van der Waals surface area contributed by atoms with Crippen LogP contribution < -0.4 is 5.73 Å². The van der Waals surface area contributed by atoms with E-state index in [1.165, 1.54) is 0 Å². The summed E-state index contributed by atoms with van der Waals surface area (Å²) in [4.78, 5) is 4.47. The Morgan fingerprint density at radius 2 is 2.16 bits per heavy atom. The largest absolute Gasteiger partial charge is 0.379 e. The van der Waals surface area contributed by atoms with Gasteiger partial charge in [0, 0.05) is 12.6 Å². The van der Waals surface area contributed by atoms with E-state index in [9.17, 15) is 0 Å². The molecule has 1 aliphatic rings. The summed E-state index contributed by atoms with van der Waals surface area (Å²) in [5.41, 5.74) is 5.86. The van der Waals surface area contributed by atoms with Crippen LogP contribution >= 0.6 is 0 Å². The van der Waals surface area contributed by atoms with Crippen LogP contribution in [0.25, 0.3) is 0 Å². The van der Waals surface area contributed by atoms with E-state index in [2.05, 4.69) is 30.9 Å². The zero-order valence-electron chi connectivity index (χ0n) is 12.0. The molecule has 0 saturated carbocycles. The van der Waals surface area contributed by atoms with Crippen LogP contribution in [0.1, 0.15) is 51.4 Å². The van der Waals surface area contributed by atoms with Crippen molar-refractivity contribution in [2.45, 2.75) is 45.8 Å². The quantitative estimate of drug-likeness (QED) is 0.894. The molecule has 1 aliphatic heterocycles. The van der Waals surface area contributed by atoms with Gasteiger partial charge in [-0.25, -0.2) is 0 Å². The topological polar surface area (TPSA) is 83.4 Å². The molecular formula is C13H23N3O3. The van der Waals surface area contributed by atoms with Gasteiger partial charge in [-0.2, -0.15) is 4.98 Å². The smallest absolute Gasteiger partial charge is 0.233 e. The number of hydrogen-bond donors (Lipinski definition) is 1. The molecule has 3 atom stereocenters. The van der Waals surface area contributed by atoms with Gasteiger partial charge in [-0.15, -0.1) is 0 Å². The molecule has 0 bridgehead atoms. The number of nitrogens with two attached hydrogens (primary N) is 1. The Labute approximate surface area is 113 Å². The van der Waals surface area contributed by atoms with Crippen LogP contribution in [0.4, 0.5) is 0 Å². The summed E-state index contributed by atoms with van der Waals surface area (Å²) < 4.78 is 16.4. The summed E-state index contributed by atoms with van der Waals surface area (Å²) in [6.45, 7) is 9.92. The molecule has 0 spiro atoms. The predicted octanol–water partition coefficient (Wildman–Crippen LogP) is 1.63. The molecule has 3 unspecified atom stereocenters. The van der Waals surface area contributed by atoms with E-state index in [0.29, 0.717) is 31.5 Å². The van der Waals surface area contributed by atoms with E-state index >= 15 is 0 Å². The lowest BCUT2D eigenvalue weighted by atomic mass is 9.88. The molecule has 0 radical (unpaired) electrons. The molecule has 108 valence electrons. The molecule has 2 N–H and O–H groups in total. The third-order valence-corrected chi connectivity index (χ3v) is 3.25. The van der Waals surface area contributed by atoms with Crippen LogP contribution in [0.3, 0.4) is 0 Å². The first-order chi connectivity index (χ1) is 8.93. The second-order valence-electron chi connectivity index (χ2n) is 6.00. The van der Waals surface area contributed by atoms with E-state index < -0.39 is 0 Å². The molecule has 0 amide bonds. The van der Waals surface area contributed by atoms with Crippen molar-refractivity contribution in [3.05, 3.63) is 11.7 Å². The molecule has 1 saturated heterocycles. The van der Waals surface area contributed by atoms with E-state index in [-0.39, 0.29) is 23.5 Å². The van der Waals surface area contributed by atoms with Gasteiger partial charge in [-0.05, 0) is 12.3 Å². The van der Waals surface area contributed by atoms with Gasteiger partial charge in [0.2, 0.25) is 11.7 Å². The summed E-state index contributed by atoms with van der Waals surface area (Å²) in [7, 11) is 0. The lowest BCUT2D eigenvalue weighted by Gasteiger charge is -2.27. The maximum Gasteiger partial charge on any atom is 0.233 e. The maximum atomic E-state index is 5.96. The molecule has 2 heterocycles. The van der Waals surface area contributed by atoms with Crippen molar-refractivity contribution in [2.24, 2.45) is 11.1 Å². The number of rotatable bonds is 4. The van der Waals surface area contributed by atoms with Gasteiger partial charge in [0.05, 0.1) is 19.1 Å². The molecule has 6 heteroatoms. The Kier molecular flexibility index (Phi) is 4.23. The molecule has 1 aromatic rings. The lowest BCUT2D eigenvalue weighted by Crippen LogP contribution is -2.27. The first kappa shape index (κ1) is 14.4. The predicted molar refractivity (Wildman–Crippen MR) is 69.7 cm³/mol. The van der Waals surface area contributed by atoms with Crippen molar-refractivity contribution in [2.75, 3.05) is 19.8 Å². The second kappa shape index (κ2) is 5.56.